The lowest BCUT2D eigenvalue weighted by Crippen LogP contribution is -2.38. The van der Waals surface area contributed by atoms with Gasteiger partial charge < -0.3 is 14.8 Å². The molecule has 372 valence electrons. The van der Waals surface area contributed by atoms with Gasteiger partial charge in [-0.15, -0.1) is 26.3 Å². The van der Waals surface area contributed by atoms with E-state index in [1.54, 1.807) is 18.5 Å². The van der Waals surface area contributed by atoms with Crippen LogP contribution in [0.2, 0.25) is 0 Å². The van der Waals surface area contributed by atoms with Crippen LogP contribution in [-0.4, -0.2) is 112 Å². The summed E-state index contributed by atoms with van der Waals surface area (Å²) in [6.45, 7) is 20.0. The Hall–Kier alpha value is -6.27. The molecule has 0 atom stereocenters. The van der Waals surface area contributed by atoms with Crippen molar-refractivity contribution in [1.82, 2.24) is 24.5 Å². The van der Waals surface area contributed by atoms with Gasteiger partial charge in [0.15, 0.2) is 0 Å². The number of hydrogen-bond acceptors (Lipinski definition) is 13. The van der Waals surface area contributed by atoms with E-state index in [-0.39, 0.29) is 23.7 Å². The fraction of sp³-hybridized carbons (Fsp3) is 0.385. The number of likely N-dealkylation sites (tertiary alicyclic amines) is 2. The third-order valence-corrected chi connectivity index (χ3v) is 14.2. The lowest BCUT2D eigenvalue weighted by molar-refractivity contribution is 0.103. The molecular formula is C52H64N8O8S2. The number of ether oxygens (including phenoxy) is 2. The molecule has 2 aliphatic carbocycles. The molecule has 0 radical (unpaired) electrons. The molecule has 2 aromatic carbocycles. The molecule has 2 aromatic heterocycles. The zero-order valence-electron chi connectivity index (χ0n) is 39.7. The van der Waals surface area contributed by atoms with Gasteiger partial charge in [0.25, 0.3) is 0 Å². The first-order valence-electron chi connectivity index (χ1n) is 23.6. The SMILES string of the molecule is C=CCN1CCC(Oc2cc(-c3ccc4c(c3N=C=O)CCC4)ccn2)CC1.C=CCN1CCC(Oc2cc(-c3ccc4c(c3NC(=O)NS(=O)(=O)CC=C)CCC4)ccn2)CC1.C=CCS(N)(=O)=O. The number of pyridine rings is 2. The van der Waals surface area contributed by atoms with Crippen molar-refractivity contribution in [3.63, 3.8) is 0 Å². The number of aliphatic imine (C=N–C) groups is 1. The van der Waals surface area contributed by atoms with E-state index in [4.69, 9.17) is 9.47 Å². The Kier molecular flexibility index (Phi) is 19.4. The number of carbonyl (C=O) groups is 1. The van der Waals surface area contributed by atoms with E-state index < -0.39 is 26.1 Å². The number of aromatic nitrogens is 2. The van der Waals surface area contributed by atoms with Gasteiger partial charge in [-0.3, -0.25) is 9.80 Å². The number of primary sulfonamides is 1. The van der Waals surface area contributed by atoms with Gasteiger partial charge in [-0.05, 0) is 110 Å². The van der Waals surface area contributed by atoms with Crippen LogP contribution < -0.4 is 24.7 Å². The minimum atomic E-state index is -3.79. The van der Waals surface area contributed by atoms with Gasteiger partial charge in [0.2, 0.25) is 37.9 Å². The second-order valence-corrected chi connectivity index (χ2v) is 20.9. The summed E-state index contributed by atoms with van der Waals surface area (Å²) in [6.07, 6.45) is 21.5. The first-order chi connectivity index (χ1) is 33.7. The number of anilines is 1. The quantitative estimate of drug-likeness (QED) is 0.0530. The first kappa shape index (κ1) is 53.1. The van der Waals surface area contributed by atoms with E-state index >= 15 is 0 Å². The Morgan fingerprint density at radius 3 is 1.70 bits per heavy atom. The third-order valence-electron chi connectivity index (χ3n) is 12.4. The third kappa shape index (κ3) is 15.4. The summed E-state index contributed by atoms with van der Waals surface area (Å²) in [5.41, 5.74) is 9.59. The maximum absolute atomic E-state index is 12.6. The van der Waals surface area contributed by atoms with Gasteiger partial charge in [-0.2, -0.15) is 4.99 Å². The maximum Gasteiger partial charge on any atom is 0.332 e. The number of nitrogens with one attached hydrogen (secondary N) is 2. The summed E-state index contributed by atoms with van der Waals surface area (Å²) in [5, 5.41) is 7.35. The van der Waals surface area contributed by atoms with E-state index in [0.717, 1.165) is 143 Å². The number of piperidine rings is 2. The van der Waals surface area contributed by atoms with Gasteiger partial charge >= 0.3 is 6.03 Å². The number of carbonyl (C=O) groups excluding carboxylic acids is 2. The molecule has 70 heavy (non-hydrogen) atoms. The Bertz CT molecular complexity index is 2780. The number of rotatable bonds is 17. The lowest BCUT2D eigenvalue weighted by Gasteiger charge is -2.31. The molecule has 4 N–H and O–H groups in total. The van der Waals surface area contributed by atoms with Crippen molar-refractivity contribution in [2.24, 2.45) is 10.1 Å². The van der Waals surface area contributed by atoms with Crippen LogP contribution in [0.25, 0.3) is 22.3 Å². The number of nitrogens with two attached hydrogens (primary N) is 1. The second kappa shape index (κ2) is 25.5. The van der Waals surface area contributed by atoms with E-state index in [1.807, 2.05) is 48.6 Å². The number of fused-ring (bicyclic) bond motifs is 2. The number of benzene rings is 2. The highest BCUT2D eigenvalue weighted by molar-refractivity contribution is 7.90. The Morgan fingerprint density at radius 1 is 0.714 bits per heavy atom. The highest BCUT2D eigenvalue weighted by Gasteiger charge is 2.25. The molecule has 4 heterocycles. The van der Waals surface area contributed by atoms with Crippen molar-refractivity contribution in [3.8, 4) is 34.0 Å². The van der Waals surface area contributed by atoms with Crippen LogP contribution in [0, 0.1) is 0 Å². The predicted octanol–water partition coefficient (Wildman–Crippen LogP) is 7.60. The largest absolute Gasteiger partial charge is 0.474 e. The van der Waals surface area contributed by atoms with E-state index in [0.29, 0.717) is 17.4 Å². The van der Waals surface area contributed by atoms with Crippen LogP contribution in [0.5, 0.6) is 11.8 Å². The molecule has 2 fully saturated rings. The number of isocyanates is 1. The van der Waals surface area contributed by atoms with Crippen molar-refractivity contribution in [2.45, 2.75) is 76.4 Å². The smallest absolute Gasteiger partial charge is 0.332 e. The molecule has 0 unspecified atom stereocenters. The van der Waals surface area contributed by atoms with Crippen molar-refractivity contribution in [2.75, 3.05) is 56.1 Å². The molecule has 2 saturated heterocycles. The molecule has 4 aliphatic rings. The van der Waals surface area contributed by atoms with Crippen molar-refractivity contribution >= 4 is 43.5 Å². The topological polar surface area (TPSA) is 216 Å². The summed E-state index contributed by atoms with van der Waals surface area (Å²) in [6, 6.07) is 15.1. The van der Waals surface area contributed by atoms with E-state index in [1.165, 1.54) is 23.3 Å². The normalized spacial score (nSPS) is 16.1. The number of urea groups is 1. The molecule has 0 spiro atoms. The van der Waals surface area contributed by atoms with Crippen LogP contribution in [0.3, 0.4) is 0 Å². The van der Waals surface area contributed by atoms with Crippen molar-refractivity contribution < 1.29 is 35.9 Å². The van der Waals surface area contributed by atoms with Gasteiger partial charge in [0, 0.05) is 74.9 Å². The summed E-state index contributed by atoms with van der Waals surface area (Å²) in [7, 11) is -7.08. The van der Waals surface area contributed by atoms with E-state index in [9.17, 15) is 26.4 Å². The van der Waals surface area contributed by atoms with Crippen molar-refractivity contribution in [3.05, 3.63) is 134 Å². The van der Waals surface area contributed by atoms with Gasteiger partial charge in [0.1, 0.15) is 12.2 Å². The number of nitrogens with zero attached hydrogens (tertiary/aromatic N) is 5. The van der Waals surface area contributed by atoms with Crippen LogP contribution in [0.4, 0.5) is 16.2 Å². The number of amides is 2. The first-order valence-corrected chi connectivity index (χ1v) is 26.9. The highest BCUT2D eigenvalue weighted by atomic mass is 32.2. The molecule has 16 nitrogen and oxygen atoms in total. The minimum Gasteiger partial charge on any atom is -0.474 e. The molecule has 0 bridgehead atoms. The summed E-state index contributed by atoms with van der Waals surface area (Å²) in [5.74, 6) is 0.681. The highest BCUT2D eigenvalue weighted by Crippen LogP contribution is 2.41. The molecule has 8 rings (SSSR count). The molecule has 2 amide bonds. The van der Waals surface area contributed by atoms with Gasteiger partial charge in [-0.25, -0.2) is 46.3 Å². The molecule has 2 aliphatic heterocycles. The maximum atomic E-state index is 12.6. The molecule has 18 heteroatoms. The fourth-order valence-corrected chi connectivity index (χ4v) is 10.2. The van der Waals surface area contributed by atoms with Crippen LogP contribution in [-0.2, 0) is 50.5 Å². The zero-order valence-corrected chi connectivity index (χ0v) is 41.3. The number of sulfonamides is 2. The number of aryl methyl sites for hydroxylation is 2. The lowest BCUT2D eigenvalue weighted by atomic mass is 9.98. The predicted molar refractivity (Wildman–Crippen MR) is 276 cm³/mol. The summed E-state index contributed by atoms with van der Waals surface area (Å²) < 4.78 is 58.4. The Balaban J connectivity index is 0.000000206. The zero-order chi connectivity index (χ0) is 50.1. The minimum absolute atomic E-state index is 0.0947. The average Bonchev–Trinajstić information content (AvgIpc) is 4.02. The Morgan fingerprint density at radius 2 is 1.21 bits per heavy atom. The van der Waals surface area contributed by atoms with E-state index in [2.05, 4.69) is 78.4 Å². The summed E-state index contributed by atoms with van der Waals surface area (Å²) in [4.78, 5) is 41.2. The average molecular weight is 993 g/mol. The van der Waals surface area contributed by atoms with Crippen molar-refractivity contribution in [1.29, 1.82) is 0 Å². The molecule has 4 aromatic rings. The molecule has 0 saturated carbocycles. The monoisotopic (exact) mass is 992 g/mol. The van der Waals surface area contributed by atoms with Crippen LogP contribution in [0.15, 0.2) is 117 Å². The standard InChI is InChI=1S/C26H32N4O4S.C23H25N3O2.C3H7NO2S/c1-3-14-30-15-11-21(12-16-30)34-24-18-20(10-13-27-24)23-9-8-19-6-5-7-22(19)25(23)28-26(31)29-35(32,33)17-4-2;1-2-12-26-13-9-19(10-14-26)28-22-15-18(8-11-24-22)21-7-6-17-4-3-5-20(17)23(21)25-16-27;1-2-3-7(4,5)6/h3-4,8-10,13,18,21H,1-2,5-7,11-12,14-17H2,(H2,28,29,31);2,6-8,11,15,19H,1,3-5,9-10,12-14H2;2H,1,3H2,(H2,4,5,6). The van der Waals surface area contributed by atoms with Gasteiger partial charge in [-0.1, -0.05) is 48.6 Å². The van der Waals surface area contributed by atoms with Crippen LogP contribution >= 0.6 is 0 Å². The molecular weight excluding hydrogens is 929 g/mol. The number of hydrogen-bond donors (Lipinski definition) is 3. The second-order valence-electron chi connectivity index (χ2n) is 17.5. The fourth-order valence-electron chi connectivity index (χ4n) is 9.15. The van der Waals surface area contributed by atoms with Crippen LogP contribution in [0.1, 0.15) is 60.8 Å². The summed E-state index contributed by atoms with van der Waals surface area (Å²) >= 11 is 0. The van der Waals surface area contributed by atoms with Gasteiger partial charge in [0.05, 0.1) is 22.9 Å². The Labute approximate surface area is 412 Å².